The maximum absolute atomic E-state index is 11.6. The van der Waals surface area contributed by atoms with Gasteiger partial charge in [0, 0.05) is 32.4 Å². The topological polar surface area (TPSA) is 44.1 Å². The van der Waals surface area contributed by atoms with Crippen LogP contribution in [0.15, 0.2) is 0 Å². The Hall–Kier alpha value is -0.943. The highest BCUT2D eigenvalue weighted by Crippen LogP contribution is 2.24. The van der Waals surface area contributed by atoms with Crippen LogP contribution >= 0.6 is 0 Å². The predicted octanol–water partition coefficient (Wildman–Crippen LogP) is 2.63. The summed E-state index contributed by atoms with van der Waals surface area (Å²) < 4.78 is 7.50. The molecule has 0 aliphatic heterocycles. The van der Waals surface area contributed by atoms with Crippen LogP contribution in [0.1, 0.15) is 28.2 Å². The van der Waals surface area contributed by atoms with Gasteiger partial charge in [0.05, 0.1) is 0 Å². The van der Waals surface area contributed by atoms with Crippen molar-refractivity contribution in [1.29, 1.82) is 0 Å². The molecule has 0 fully saturated rings. The van der Waals surface area contributed by atoms with Crippen LogP contribution in [0, 0.1) is 6.92 Å². The van der Waals surface area contributed by atoms with Gasteiger partial charge in [0.1, 0.15) is 12.4 Å². The minimum atomic E-state index is -1.03. The molecule has 0 unspecified atom stereocenters. The summed E-state index contributed by atoms with van der Waals surface area (Å²) in [6.45, 7) is 10.3. The number of carbonyl (C=O) groups excluding carboxylic acids is 1. The Morgan fingerprint density at radius 3 is 2.67 bits per heavy atom. The van der Waals surface area contributed by atoms with Gasteiger partial charge in [-0.15, -0.1) is 0 Å². The van der Waals surface area contributed by atoms with Crippen LogP contribution < -0.4 is 0 Å². The number of aromatic nitrogens is 2. The number of Topliss-reactive ketones (excluding diaryl/α,β-unsaturated/α-hetero) is 1. The largest absolute Gasteiger partial charge is 0.360 e. The lowest BCUT2D eigenvalue weighted by Gasteiger charge is -2.15. The molecule has 100 valence electrons. The number of ketones is 1. The number of ether oxygens (including phenoxy) is 1. The first-order chi connectivity index (χ1) is 8.38. The zero-order valence-electron chi connectivity index (χ0n) is 11.7. The molecule has 0 aromatic carbocycles. The Balaban J connectivity index is 1.91. The summed E-state index contributed by atoms with van der Waals surface area (Å²) in [5.41, 5.74) is 2.87. The molecular weight excluding hydrogens is 244 g/mol. The van der Waals surface area contributed by atoms with E-state index in [9.17, 15) is 4.79 Å². The average Bonchev–Trinajstić information content (AvgIpc) is 2.76. The SMILES string of the molecule is Cc1c2c(nn1COCC[Si](C)(C)C)C(=O)CC2. The second-order valence-electron chi connectivity index (χ2n) is 6.18. The molecule has 1 heterocycles. The molecule has 0 atom stereocenters. The molecule has 0 saturated heterocycles. The van der Waals surface area contributed by atoms with E-state index in [1.54, 1.807) is 0 Å². The fourth-order valence-corrected chi connectivity index (χ4v) is 2.88. The van der Waals surface area contributed by atoms with E-state index in [-0.39, 0.29) is 5.78 Å². The van der Waals surface area contributed by atoms with Crippen molar-refractivity contribution >= 4 is 13.9 Å². The van der Waals surface area contributed by atoms with Gasteiger partial charge in [-0.1, -0.05) is 19.6 Å². The van der Waals surface area contributed by atoms with E-state index in [1.165, 1.54) is 0 Å². The van der Waals surface area contributed by atoms with E-state index in [1.807, 2.05) is 11.6 Å². The normalized spacial score (nSPS) is 15.2. The predicted molar refractivity (Wildman–Crippen MR) is 73.7 cm³/mol. The van der Waals surface area contributed by atoms with Gasteiger partial charge in [-0.25, -0.2) is 4.68 Å². The van der Waals surface area contributed by atoms with Crippen molar-refractivity contribution in [3.63, 3.8) is 0 Å². The van der Waals surface area contributed by atoms with Gasteiger partial charge in [0.2, 0.25) is 0 Å². The molecule has 1 aliphatic carbocycles. The van der Waals surface area contributed by atoms with E-state index in [0.717, 1.165) is 30.3 Å². The number of hydrogen-bond acceptors (Lipinski definition) is 3. The molecule has 1 aromatic heterocycles. The van der Waals surface area contributed by atoms with Crippen molar-refractivity contribution in [3.8, 4) is 0 Å². The van der Waals surface area contributed by atoms with Gasteiger partial charge in [0.15, 0.2) is 5.78 Å². The van der Waals surface area contributed by atoms with Crippen LogP contribution in [0.3, 0.4) is 0 Å². The summed E-state index contributed by atoms with van der Waals surface area (Å²) >= 11 is 0. The molecule has 2 rings (SSSR count). The van der Waals surface area contributed by atoms with Gasteiger partial charge in [-0.2, -0.15) is 5.10 Å². The number of nitrogens with zero attached hydrogens (tertiary/aromatic N) is 2. The van der Waals surface area contributed by atoms with Crippen LogP contribution in [-0.2, 0) is 17.9 Å². The highest BCUT2D eigenvalue weighted by molar-refractivity contribution is 6.76. The van der Waals surface area contributed by atoms with E-state index in [4.69, 9.17) is 4.74 Å². The monoisotopic (exact) mass is 266 g/mol. The fourth-order valence-electron chi connectivity index (χ4n) is 2.12. The minimum Gasteiger partial charge on any atom is -0.360 e. The van der Waals surface area contributed by atoms with Crippen molar-refractivity contribution in [1.82, 2.24) is 9.78 Å². The highest BCUT2D eigenvalue weighted by atomic mass is 28.3. The Labute approximate surface area is 109 Å². The third-order valence-electron chi connectivity index (χ3n) is 3.41. The number of hydrogen-bond donors (Lipinski definition) is 0. The van der Waals surface area contributed by atoms with E-state index >= 15 is 0 Å². The molecule has 5 heteroatoms. The van der Waals surface area contributed by atoms with E-state index in [2.05, 4.69) is 24.7 Å². The molecule has 0 bridgehead atoms. The molecule has 1 aromatic rings. The second kappa shape index (κ2) is 4.97. The molecule has 0 saturated carbocycles. The average molecular weight is 266 g/mol. The number of carbonyl (C=O) groups is 1. The number of fused-ring (bicyclic) bond motifs is 1. The maximum Gasteiger partial charge on any atom is 0.183 e. The van der Waals surface area contributed by atoms with Crippen LogP contribution in [0.2, 0.25) is 25.7 Å². The van der Waals surface area contributed by atoms with Gasteiger partial charge in [-0.05, 0) is 19.4 Å². The third kappa shape index (κ3) is 2.90. The minimum absolute atomic E-state index is 0.175. The Morgan fingerprint density at radius 2 is 2.06 bits per heavy atom. The van der Waals surface area contributed by atoms with Gasteiger partial charge in [0.25, 0.3) is 0 Å². The summed E-state index contributed by atoms with van der Waals surface area (Å²) in [6, 6.07) is 1.16. The molecule has 0 spiro atoms. The van der Waals surface area contributed by atoms with Gasteiger partial charge in [-0.3, -0.25) is 4.79 Å². The van der Waals surface area contributed by atoms with Crippen molar-refractivity contribution in [2.24, 2.45) is 0 Å². The first-order valence-electron chi connectivity index (χ1n) is 6.56. The quantitative estimate of drug-likeness (QED) is 0.608. The first-order valence-corrected chi connectivity index (χ1v) is 10.3. The zero-order chi connectivity index (χ0) is 13.3. The van der Waals surface area contributed by atoms with Crippen LogP contribution in [0.4, 0.5) is 0 Å². The van der Waals surface area contributed by atoms with Crippen LogP contribution in [0.25, 0.3) is 0 Å². The molecule has 0 amide bonds. The van der Waals surface area contributed by atoms with Crippen LogP contribution in [-0.4, -0.2) is 30.2 Å². The standard InChI is InChI=1S/C13H22N2O2Si/c1-10-11-5-6-12(16)13(11)14-15(10)9-17-7-8-18(2,3)4/h5-9H2,1-4H3. The molecular formula is C13H22N2O2Si. The summed E-state index contributed by atoms with van der Waals surface area (Å²) in [4.78, 5) is 11.6. The van der Waals surface area contributed by atoms with Gasteiger partial charge >= 0.3 is 0 Å². The smallest absolute Gasteiger partial charge is 0.183 e. The fraction of sp³-hybridized carbons (Fsp3) is 0.692. The lowest BCUT2D eigenvalue weighted by molar-refractivity contribution is 0.0762. The van der Waals surface area contributed by atoms with Crippen molar-refractivity contribution < 1.29 is 9.53 Å². The van der Waals surface area contributed by atoms with Crippen molar-refractivity contribution in [2.45, 2.75) is 52.2 Å². The van der Waals surface area contributed by atoms with E-state index in [0.29, 0.717) is 18.8 Å². The summed E-state index contributed by atoms with van der Waals surface area (Å²) in [6.07, 6.45) is 1.46. The second-order valence-corrected chi connectivity index (χ2v) is 11.8. The van der Waals surface area contributed by atoms with Gasteiger partial charge < -0.3 is 4.74 Å². The number of rotatable bonds is 5. The van der Waals surface area contributed by atoms with E-state index < -0.39 is 8.07 Å². The molecule has 4 nitrogen and oxygen atoms in total. The molecule has 18 heavy (non-hydrogen) atoms. The lowest BCUT2D eigenvalue weighted by Crippen LogP contribution is -2.22. The molecule has 0 radical (unpaired) electrons. The lowest BCUT2D eigenvalue weighted by atomic mass is 10.2. The first kappa shape index (κ1) is 13.5. The third-order valence-corrected chi connectivity index (χ3v) is 5.11. The summed E-state index contributed by atoms with van der Waals surface area (Å²) in [7, 11) is -1.03. The Bertz CT molecular complexity index is 460. The Kier molecular flexibility index (Phi) is 3.73. The van der Waals surface area contributed by atoms with Crippen molar-refractivity contribution in [3.05, 3.63) is 17.0 Å². The molecule has 1 aliphatic rings. The Morgan fingerprint density at radius 1 is 1.33 bits per heavy atom. The summed E-state index contributed by atoms with van der Waals surface area (Å²) in [5, 5.41) is 4.36. The molecule has 0 N–H and O–H groups in total. The maximum atomic E-state index is 11.6. The zero-order valence-corrected chi connectivity index (χ0v) is 12.7. The van der Waals surface area contributed by atoms with Crippen LogP contribution in [0.5, 0.6) is 0 Å². The summed E-state index contributed by atoms with van der Waals surface area (Å²) in [5.74, 6) is 0.175. The van der Waals surface area contributed by atoms with Crippen molar-refractivity contribution in [2.75, 3.05) is 6.61 Å². The highest BCUT2D eigenvalue weighted by Gasteiger charge is 2.26.